The number of anilines is 1. The maximum atomic E-state index is 11.8. The molecule has 0 amide bonds. The molecule has 0 bridgehead atoms. The summed E-state index contributed by atoms with van der Waals surface area (Å²) in [6, 6.07) is 3.28. The molecule has 2 heterocycles. The molecule has 2 aromatic heterocycles. The molecule has 6 nitrogen and oxygen atoms in total. The van der Waals surface area contributed by atoms with Crippen LogP contribution in [0.25, 0.3) is 0 Å². The molecular weight excluding hydrogens is 284 g/mol. The van der Waals surface area contributed by atoms with E-state index in [4.69, 9.17) is 0 Å². The molecule has 0 unspecified atom stereocenters. The lowest BCUT2D eigenvalue weighted by Crippen LogP contribution is -2.28. The van der Waals surface area contributed by atoms with Crippen LogP contribution in [-0.4, -0.2) is 31.5 Å². The van der Waals surface area contributed by atoms with Gasteiger partial charge < -0.3 is 5.32 Å². The van der Waals surface area contributed by atoms with Gasteiger partial charge in [0, 0.05) is 25.5 Å². The van der Waals surface area contributed by atoms with Crippen LogP contribution in [0.3, 0.4) is 0 Å². The van der Waals surface area contributed by atoms with Gasteiger partial charge >= 0.3 is 0 Å². The quantitative estimate of drug-likeness (QED) is 0.784. The summed E-state index contributed by atoms with van der Waals surface area (Å²) in [6.45, 7) is 2.60. The van der Waals surface area contributed by atoms with E-state index in [9.17, 15) is 8.42 Å². The molecule has 0 atom stereocenters. The van der Waals surface area contributed by atoms with E-state index in [1.165, 1.54) is 11.3 Å². The SMILES string of the molecule is Cc1cnc(NCCNS(=O)(=O)c2cccs2)nc1. The highest BCUT2D eigenvalue weighted by molar-refractivity contribution is 7.91. The third kappa shape index (κ3) is 3.98. The monoisotopic (exact) mass is 298 g/mol. The molecule has 0 aliphatic heterocycles. The molecule has 0 saturated carbocycles. The predicted molar refractivity (Wildman–Crippen MR) is 74.8 cm³/mol. The summed E-state index contributed by atoms with van der Waals surface area (Å²) in [6.07, 6.45) is 3.40. The number of aryl methyl sites for hydroxylation is 1. The molecule has 0 aliphatic rings. The summed E-state index contributed by atoms with van der Waals surface area (Å²) >= 11 is 1.19. The van der Waals surface area contributed by atoms with Gasteiger partial charge in [-0.1, -0.05) is 6.07 Å². The highest BCUT2D eigenvalue weighted by Gasteiger charge is 2.13. The van der Waals surface area contributed by atoms with Crippen LogP contribution in [0.4, 0.5) is 5.95 Å². The van der Waals surface area contributed by atoms with Gasteiger partial charge in [-0.15, -0.1) is 11.3 Å². The Kier molecular flexibility index (Phi) is 4.46. The molecule has 0 aromatic carbocycles. The van der Waals surface area contributed by atoms with Crippen LogP contribution in [-0.2, 0) is 10.0 Å². The van der Waals surface area contributed by atoms with Crippen molar-refractivity contribution in [3.63, 3.8) is 0 Å². The maximum absolute atomic E-state index is 11.8. The third-order valence-corrected chi connectivity index (χ3v) is 5.10. The summed E-state index contributed by atoms with van der Waals surface area (Å²) in [5, 5.41) is 4.67. The summed E-state index contributed by atoms with van der Waals surface area (Å²) in [5.41, 5.74) is 0.976. The van der Waals surface area contributed by atoms with E-state index >= 15 is 0 Å². The Morgan fingerprint density at radius 2 is 2.00 bits per heavy atom. The smallest absolute Gasteiger partial charge is 0.250 e. The average molecular weight is 298 g/mol. The molecular formula is C11H14N4O2S2. The minimum absolute atomic E-state index is 0.275. The Hall–Kier alpha value is -1.51. The van der Waals surface area contributed by atoms with Crippen LogP contribution in [0.2, 0.25) is 0 Å². The predicted octanol–water partition coefficient (Wildman–Crippen LogP) is 1.24. The lowest BCUT2D eigenvalue weighted by atomic mass is 10.4. The fraction of sp³-hybridized carbons (Fsp3) is 0.273. The van der Waals surface area contributed by atoms with E-state index < -0.39 is 10.0 Å². The number of aromatic nitrogens is 2. The highest BCUT2D eigenvalue weighted by atomic mass is 32.2. The largest absolute Gasteiger partial charge is 0.353 e. The number of hydrogen-bond acceptors (Lipinski definition) is 6. The van der Waals surface area contributed by atoms with Gasteiger partial charge in [-0.05, 0) is 23.9 Å². The molecule has 0 spiro atoms. The number of sulfonamides is 1. The van der Waals surface area contributed by atoms with Gasteiger partial charge in [0.1, 0.15) is 4.21 Å². The Bertz CT molecular complexity index is 609. The number of nitrogens with zero attached hydrogens (tertiary/aromatic N) is 2. The van der Waals surface area contributed by atoms with Gasteiger partial charge in [-0.3, -0.25) is 0 Å². The Labute approximate surface area is 116 Å². The van der Waals surface area contributed by atoms with Crippen molar-refractivity contribution in [1.82, 2.24) is 14.7 Å². The normalized spacial score (nSPS) is 11.4. The van der Waals surface area contributed by atoms with Gasteiger partial charge in [0.05, 0.1) is 0 Å². The van der Waals surface area contributed by atoms with Crippen molar-refractivity contribution >= 4 is 27.3 Å². The number of thiophene rings is 1. The second-order valence-corrected chi connectivity index (χ2v) is 6.78. The Balaban J connectivity index is 1.80. The van der Waals surface area contributed by atoms with Crippen LogP contribution in [0, 0.1) is 6.92 Å². The standard InChI is InChI=1S/C11H14N4O2S2/c1-9-7-13-11(14-8-9)12-4-5-15-19(16,17)10-3-2-6-18-10/h2-3,6-8,15H,4-5H2,1H3,(H,12,13,14). The van der Waals surface area contributed by atoms with Crippen molar-refractivity contribution < 1.29 is 8.42 Å². The Morgan fingerprint density at radius 1 is 1.26 bits per heavy atom. The molecule has 2 N–H and O–H groups in total. The van der Waals surface area contributed by atoms with E-state index in [2.05, 4.69) is 20.0 Å². The second-order valence-electron chi connectivity index (χ2n) is 3.84. The lowest BCUT2D eigenvalue weighted by molar-refractivity contribution is 0.585. The van der Waals surface area contributed by atoms with E-state index in [1.807, 2.05) is 6.92 Å². The first kappa shape index (κ1) is 13.9. The first-order valence-corrected chi connectivity index (χ1v) is 8.00. The molecule has 0 saturated heterocycles. The minimum Gasteiger partial charge on any atom is -0.353 e. The van der Waals surface area contributed by atoms with Crippen LogP contribution in [0.5, 0.6) is 0 Å². The first-order valence-electron chi connectivity index (χ1n) is 5.63. The number of rotatable bonds is 6. The van der Waals surface area contributed by atoms with Gasteiger partial charge in [0.15, 0.2) is 0 Å². The topological polar surface area (TPSA) is 84.0 Å². The minimum atomic E-state index is -3.39. The summed E-state index contributed by atoms with van der Waals surface area (Å²) in [5.74, 6) is 0.487. The fourth-order valence-electron chi connectivity index (χ4n) is 1.33. The molecule has 0 fully saturated rings. The fourth-order valence-corrected chi connectivity index (χ4v) is 3.40. The number of nitrogens with one attached hydrogen (secondary N) is 2. The first-order chi connectivity index (χ1) is 9.08. The van der Waals surface area contributed by atoms with Crippen LogP contribution < -0.4 is 10.0 Å². The van der Waals surface area contributed by atoms with Crippen LogP contribution in [0.15, 0.2) is 34.1 Å². The van der Waals surface area contributed by atoms with Crippen molar-refractivity contribution in [3.8, 4) is 0 Å². The second kappa shape index (κ2) is 6.09. The zero-order valence-corrected chi connectivity index (χ0v) is 12.0. The van der Waals surface area contributed by atoms with Crippen molar-refractivity contribution in [1.29, 1.82) is 0 Å². The molecule has 0 radical (unpaired) electrons. The summed E-state index contributed by atoms with van der Waals surface area (Å²) < 4.78 is 26.4. The lowest BCUT2D eigenvalue weighted by Gasteiger charge is -2.06. The summed E-state index contributed by atoms with van der Waals surface area (Å²) in [4.78, 5) is 8.13. The van der Waals surface area contributed by atoms with E-state index in [1.54, 1.807) is 29.9 Å². The molecule has 19 heavy (non-hydrogen) atoms. The van der Waals surface area contributed by atoms with E-state index in [-0.39, 0.29) is 6.54 Å². The highest BCUT2D eigenvalue weighted by Crippen LogP contribution is 2.14. The molecule has 0 aliphatic carbocycles. The molecule has 8 heteroatoms. The van der Waals surface area contributed by atoms with E-state index in [0.29, 0.717) is 16.7 Å². The van der Waals surface area contributed by atoms with E-state index in [0.717, 1.165) is 5.56 Å². The van der Waals surface area contributed by atoms with Crippen molar-refractivity contribution in [2.24, 2.45) is 0 Å². The zero-order chi connectivity index (χ0) is 13.7. The van der Waals surface area contributed by atoms with Gasteiger partial charge in [0.2, 0.25) is 16.0 Å². The average Bonchev–Trinajstić information content (AvgIpc) is 2.91. The van der Waals surface area contributed by atoms with Crippen molar-refractivity contribution in [2.75, 3.05) is 18.4 Å². The van der Waals surface area contributed by atoms with Crippen molar-refractivity contribution in [3.05, 3.63) is 35.5 Å². The van der Waals surface area contributed by atoms with Crippen LogP contribution in [0.1, 0.15) is 5.56 Å². The molecule has 2 aromatic rings. The van der Waals surface area contributed by atoms with Gasteiger partial charge in [-0.2, -0.15) is 0 Å². The number of hydrogen-bond donors (Lipinski definition) is 2. The Morgan fingerprint density at radius 3 is 2.63 bits per heavy atom. The zero-order valence-electron chi connectivity index (χ0n) is 10.3. The van der Waals surface area contributed by atoms with Crippen LogP contribution >= 0.6 is 11.3 Å². The summed E-state index contributed by atoms with van der Waals surface area (Å²) in [7, 11) is -3.39. The maximum Gasteiger partial charge on any atom is 0.250 e. The molecule has 2 rings (SSSR count). The van der Waals surface area contributed by atoms with Gasteiger partial charge in [-0.25, -0.2) is 23.1 Å². The molecule has 102 valence electrons. The van der Waals surface area contributed by atoms with Crippen molar-refractivity contribution in [2.45, 2.75) is 11.1 Å². The third-order valence-electron chi connectivity index (χ3n) is 2.24. The van der Waals surface area contributed by atoms with Gasteiger partial charge in [0.25, 0.3) is 0 Å².